The fourth-order valence-corrected chi connectivity index (χ4v) is 4.13. The average Bonchev–Trinajstić information content (AvgIpc) is 2.86. The molecule has 4 nitrogen and oxygen atoms in total. The number of benzene rings is 1. The maximum atomic E-state index is 12.1. The molecule has 2 aliphatic heterocycles. The van der Waals surface area contributed by atoms with Gasteiger partial charge in [0.15, 0.2) is 0 Å². The van der Waals surface area contributed by atoms with E-state index in [1.807, 2.05) is 24.8 Å². The lowest BCUT2D eigenvalue weighted by Crippen LogP contribution is -2.55. The van der Waals surface area contributed by atoms with Crippen molar-refractivity contribution < 1.29 is 9.59 Å². The summed E-state index contributed by atoms with van der Waals surface area (Å²) in [6.07, 6.45) is 0.982. The minimum Gasteiger partial charge on any atom is -0.333 e. The molecule has 1 aromatic rings. The summed E-state index contributed by atoms with van der Waals surface area (Å²) in [5, 5.41) is 0.373. The zero-order valence-electron chi connectivity index (χ0n) is 11.5. The summed E-state index contributed by atoms with van der Waals surface area (Å²) < 4.78 is 0. The van der Waals surface area contributed by atoms with Crippen LogP contribution in [0, 0.1) is 0 Å². The van der Waals surface area contributed by atoms with E-state index >= 15 is 0 Å². The van der Waals surface area contributed by atoms with E-state index in [0.29, 0.717) is 31.4 Å². The van der Waals surface area contributed by atoms with E-state index < -0.39 is 0 Å². The van der Waals surface area contributed by atoms with Crippen molar-refractivity contribution in [1.82, 2.24) is 9.80 Å². The molecule has 1 fully saturated rings. The lowest BCUT2D eigenvalue weighted by atomic mass is 10.1. The van der Waals surface area contributed by atoms with Gasteiger partial charge in [-0.15, -0.1) is 11.8 Å². The molecule has 1 saturated heterocycles. The van der Waals surface area contributed by atoms with E-state index in [2.05, 4.69) is 18.2 Å². The van der Waals surface area contributed by atoms with E-state index in [0.717, 1.165) is 6.42 Å². The first-order chi connectivity index (χ1) is 9.69. The molecule has 0 aliphatic carbocycles. The van der Waals surface area contributed by atoms with Crippen LogP contribution < -0.4 is 0 Å². The average molecular weight is 290 g/mol. The van der Waals surface area contributed by atoms with Crippen LogP contribution in [-0.2, 0) is 16.0 Å². The maximum Gasteiger partial charge on any atom is 0.312 e. The van der Waals surface area contributed by atoms with Gasteiger partial charge in [-0.1, -0.05) is 18.2 Å². The number of carbonyl (C=O) groups excluding carboxylic acids is 2. The molecule has 5 heteroatoms. The number of thioether (sulfide) groups is 1. The van der Waals surface area contributed by atoms with Gasteiger partial charge in [-0.25, -0.2) is 0 Å². The Labute approximate surface area is 123 Å². The van der Waals surface area contributed by atoms with E-state index in [9.17, 15) is 9.59 Å². The molecule has 2 amide bonds. The highest BCUT2D eigenvalue weighted by molar-refractivity contribution is 8.00. The van der Waals surface area contributed by atoms with Gasteiger partial charge in [-0.2, -0.15) is 0 Å². The van der Waals surface area contributed by atoms with Gasteiger partial charge < -0.3 is 9.80 Å². The largest absolute Gasteiger partial charge is 0.333 e. The van der Waals surface area contributed by atoms with Crippen molar-refractivity contribution in [3.8, 4) is 0 Å². The molecule has 3 rings (SSSR count). The second kappa shape index (κ2) is 5.48. The third kappa shape index (κ3) is 2.42. The first-order valence-corrected chi connectivity index (χ1v) is 7.89. The summed E-state index contributed by atoms with van der Waals surface area (Å²) in [5.74, 6) is -0.686. The summed E-state index contributed by atoms with van der Waals surface area (Å²) in [6, 6.07) is 8.37. The Bertz CT molecular complexity index is 521. The predicted molar refractivity (Wildman–Crippen MR) is 78.6 cm³/mol. The third-order valence-corrected chi connectivity index (χ3v) is 5.22. The predicted octanol–water partition coefficient (Wildman–Crippen LogP) is 1.39. The van der Waals surface area contributed by atoms with Crippen LogP contribution in [0.3, 0.4) is 0 Å². The van der Waals surface area contributed by atoms with Crippen molar-refractivity contribution in [1.29, 1.82) is 0 Å². The van der Waals surface area contributed by atoms with Gasteiger partial charge >= 0.3 is 11.8 Å². The van der Waals surface area contributed by atoms with Crippen LogP contribution in [-0.4, -0.2) is 53.0 Å². The monoisotopic (exact) mass is 290 g/mol. The van der Waals surface area contributed by atoms with Crippen LogP contribution in [0.5, 0.6) is 0 Å². The number of amides is 2. The Kier molecular flexibility index (Phi) is 3.70. The van der Waals surface area contributed by atoms with Crippen molar-refractivity contribution in [2.24, 2.45) is 0 Å². The number of rotatable bonds is 3. The molecular weight excluding hydrogens is 272 g/mol. The number of likely N-dealkylation sites (N-methyl/N-ethyl adjacent to an activating group) is 1. The van der Waals surface area contributed by atoms with Crippen LogP contribution >= 0.6 is 11.8 Å². The lowest BCUT2D eigenvalue weighted by Gasteiger charge is -2.34. The van der Waals surface area contributed by atoms with Crippen LogP contribution in [0.2, 0.25) is 0 Å². The molecule has 0 aromatic heterocycles. The Morgan fingerprint density at radius 1 is 1.15 bits per heavy atom. The van der Waals surface area contributed by atoms with Gasteiger partial charge in [-0.05, 0) is 25.0 Å². The SMILES string of the molecule is CCN1CCN(CC2Cc3ccccc3S2)C(=O)C1=O. The van der Waals surface area contributed by atoms with Crippen LogP contribution in [0.15, 0.2) is 29.2 Å². The highest BCUT2D eigenvalue weighted by atomic mass is 32.2. The molecule has 0 N–H and O–H groups in total. The van der Waals surface area contributed by atoms with Gasteiger partial charge in [0.25, 0.3) is 0 Å². The molecule has 0 bridgehead atoms. The van der Waals surface area contributed by atoms with Gasteiger partial charge in [0.1, 0.15) is 0 Å². The van der Waals surface area contributed by atoms with Crippen molar-refractivity contribution in [2.45, 2.75) is 23.5 Å². The molecule has 1 atom stereocenters. The summed E-state index contributed by atoms with van der Waals surface area (Å²) >= 11 is 1.82. The highest BCUT2D eigenvalue weighted by Crippen LogP contribution is 2.37. The molecular formula is C15H18N2O2S. The van der Waals surface area contributed by atoms with Crippen molar-refractivity contribution in [2.75, 3.05) is 26.2 Å². The summed E-state index contributed by atoms with van der Waals surface area (Å²) in [6.45, 7) is 4.50. The highest BCUT2D eigenvalue weighted by Gasteiger charge is 2.34. The topological polar surface area (TPSA) is 40.6 Å². The van der Waals surface area contributed by atoms with Gasteiger partial charge in [-0.3, -0.25) is 9.59 Å². The quantitative estimate of drug-likeness (QED) is 0.790. The second-order valence-electron chi connectivity index (χ2n) is 5.19. The number of nitrogens with zero attached hydrogens (tertiary/aromatic N) is 2. The van der Waals surface area contributed by atoms with Crippen LogP contribution in [0.25, 0.3) is 0 Å². The number of carbonyl (C=O) groups is 2. The fraction of sp³-hybridized carbons (Fsp3) is 0.467. The molecule has 2 heterocycles. The van der Waals surface area contributed by atoms with E-state index in [1.54, 1.807) is 9.80 Å². The summed E-state index contributed by atoms with van der Waals surface area (Å²) in [7, 11) is 0. The molecule has 0 spiro atoms. The molecule has 0 saturated carbocycles. The van der Waals surface area contributed by atoms with Gasteiger partial charge in [0.05, 0.1) is 0 Å². The smallest absolute Gasteiger partial charge is 0.312 e. The van der Waals surface area contributed by atoms with Gasteiger partial charge in [0, 0.05) is 36.3 Å². The number of hydrogen-bond acceptors (Lipinski definition) is 3. The first-order valence-electron chi connectivity index (χ1n) is 7.01. The Morgan fingerprint density at radius 2 is 1.85 bits per heavy atom. The Balaban J connectivity index is 1.63. The lowest BCUT2D eigenvalue weighted by molar-refractivity contribution is -0.155. The molecule has 1 unspecified atom stereocenters. The van der Waals surface area contributed by atoms with E-state index in [1.165, 1.54) is 10.5 Å². The third-order valence-electron chi connectivity index (χ3n) is 3.92. The Morgan fingerprint density at radius 3 is 2.60 bits per heavy atom. The Hall–Kier alpha value is -1.49. The van der Waals surface area contributed by atoms with Crippen molar-refractivity contribution in [3.63, 3.8) is 0 Å². The molecule has 0 radical (unpaired) electrons. The zero-order chi connectivity index (χ0) is 14.1. The fourth-order valence-electron chi connectivity index (χ4n) is 2.79. The molecule has 2 aliphatic rings. The summed E-state index contributed by atoms with van der Waals surface area (Å²) in [5.41, 5.74) is 1.36. The zero-order valence-corrected chi connectivity index (χ0v) is 12.4. The molecule has 20 heavy (non-hydrogen) atoms. The summed E-state index contributed by atoms with van der Waals surface area (Å²) in [4.78, 5) is 28.6. The maximum absolute atomic E-state index is 12.1. The molecule has 1 aromatic carbocycles. The molecule has 106 valence electrons. The second-order valence-corrected chi connectivity index (χ2v) is 6.53. The van der Waals surface area contributed by atoms with Crippen LogP contribution in [0.1, 0.15) is 12.5 Å². The minimum atomic E-state index is -0.348. The van der Waals surface area contributed by atoms with Crippen molar-refractivity contribution in [3.05, 3.63) is 29.8 Å². The normalized spacial score (nSPS) is 22.4. The van der Waals surface area contributed by atoms with E-state index in [4.69, 9.17) is 0 Å². The van der Waals surface area contributed by atoms with E-state index in [-0.39, 0.29) is 11.8 Å². The number of piperazine rings is 1. The van der Waals surface area contributed by atoms with Crippen LogP contribution in [0.4, 0.5) is 0 Å². The van der Waals surface area contributed by atoms with Crippen molar-refractivity contribution >= 4 is 23.6 Å². The number of fused-ring (bicyclic) bond motifs is 1. The van der Waals surface area contributed by atoms with Gasteiger partial charge in [0.2, 0.25) is 0 Å². The standard InChI is InChI=1S/C15H18N2O2S/c1-2-16-7-8-17(15(19)14(16)18)10-12-9-11-5-3-4-6-13(11)20-12/h3-6,12H,2,7-10H2,1H3. The minimum absolute atomic E-state index is 0.338. The first kappa shape index (κ1) is 13.5. The number of hydrogen-bond donors (Lipinski definition) is 0.